The summed E-state index contributed by atoms with van der Waals surface area (Å²) in [5, 5.41) is 0. The second kappa shape index (κ2) is 5.97. The number of ether oxygens (including phenoxy) is 2. The largest absolute Gasteiger partial charge is 0.497 e. The summed E-state index contributed by atoms with van der Waals surface area (Å²) in [6, 6.07) is 12.3. The number of methoxy groups -OCH3 is 1. The molecule has 0 aliphatic carbocycles. The van der Waals surface area contributed by atoms with Crippen LogP contribution < -0.4 is 20.9 Å². The quantitative estimate of drug-likeness (QED) is 0.814. The number of hydrogen-bond donors (Lipinski definition) is 2. The molecule has 5 heteroatoms. The molecule has 0 aliphatic rings. The van der Waals surface area contributed by atoms with Crippen LogP contribution >= 0.6 is 0 Å². The van der Waals surface area contributed by atoms with Crippen molar-refractivity contribution in [1.29, 1.82) is 0 Å². The topological polar surface area (TPSA) is 87.6 Å². The highest BCUT2D eigenvalue weighted by Crippen LogP contribution is 2.24. The number of carbonyl (C=O) groups is 1. The van der Waals surface area contributed by atoms with Crippen LogP contribution in [-0.4, -0.2) is 13.0 Å². The molecule has 0 bridgehead atoms. The summed E-state index contributed by atoms with van der Waals surface area (Å²) < 4.78 is 10.8. The fourth-order valence-electron chi connectivity index (χ4n) is 1.76. The van der Waals surface area contributed by atoms with Gasteiger partial charge in [0.15, 0.2) is 0 Å². The van der Waals surface area contributed by atoms with Crippen molar-refractivity contribution in [3.63, 3.8) is 0 Å². The number of benzene rings is 2. The minimum atomic E-state index is -0.518. The third-order valence-electron chi connectivity index (χ3n) is 2.82. The van der Waals surface area contributed by atoms with Gasteiger partial charge in [0.05, 0.1) is 12.8 Å². The zero-order valence-electron chi connectivity index (χ0n) is 11.1. The van der Waals surface area contributed by atoms with Gasteiger partial charge in [-0.05, 0) is 35.9 Å². The molecule has 1 amide bonds. The zero-order chi connectivity index (χ0) is 14.5. The molecule has 2 rings (SSSR count). The fraction of sp³-hybridized carbons (Fsp3) is 0.133. The monoisotopic (exact) mass is 272 g/mol. The number of hydrogen-bond acceptors (Lipinski definition) is 4. The molecule has 0 aliphatic heterocycles. The van der Waals surface area contributed by atoms with Crippen LogP contribution in [0.25, 0.3) is 0 Å². The molecule has 0 atom stereocenters. The predicted octanol–water partition coefficient (Wildman–Crippen LogP) is 1.96. The average Bonchev–Trinajstić information content (AvgIpc) is 2.46. The molecule has 0 aromatic heterocycles. The highest BCUT2D eigenvalue weighted by Gasteiger charge is 2.06. The Balaban J connectivity index is 2.08. The first-order valence-corrected chi connectivity index (χ1v) is 6.05. The van der Waals surface area contributed by atoms with Crippen LogP contribution in [0.4, 0.5) is 5.69 Å². The van der Waals surface area contributed by atoms with Gasteiger partial charge in [0, 0.05) is 5.56 Å². The molecule has 2 aromatic carbocycles. The average molecular weight is 272 g/mol. The van der Waals surface area contributed by atoms with E-state index in [0.717, 1.165) is 11.3 Å². The van der Waals surface area contributed by atoms with E-state index in [1.807, 2.05) is 24.3 Å². The molecule has 4 N–H and O–H groups in total. The lowest BCUT2D eigenvalue weighted by Gasteiger charge is -2.10. The minimum absolute atomic E-state index is 0.358. The molecule has 0 radical (unpaired) electrons. The van der Waals surface area contributed by atoms with Crippen molar-refractivity contribution in [3.8, 4) is 11.5 Å². The lowest BCUT2D eigenvalue weighted by Crippen LogP contribution is -2.11. The summed E-state index contributed by atoms with van der Waals surface area (Å²) in [5.41, 5.74) is 12.7. The van der Waals surface area contributed by atoms with Gasteiger partial charge in [-0.1, -0.05) is 12.1 Å². The Labute approximate surface area is 117 Å². The van der Waals surface area contributed by atoms with E-state index in [1.165, 1.54) is 6.07 Å². The molecule has 0 heterocycles. The summed E-state index contributed by atoms with van der Waals surface area (Å²) in [7, 11) is 1.61. The maximum Gasteiger partial charge on any atom is 0.248 e. The van der Waals surface area contributed by atoms with Crippen LogP contribution in [0.3, 0.4) is 0 Å². The van der Waals surface area contributed by atoms with Crippen LogP contribution in [0.15, 0.2) is 42.5 Å². The van der Waals surface area contributed by atoms with E-state index in [9.17, 15) is 4.79 Å². The molecule has 104 valence electrons. The molecular formula is C15H16N2O3. The van der Waals surface area contributed by atoms with Crippen LogP contribution in [0.1, 0.15) is 15.9 Å². The molecule has 5 nitrogen and oxygen atoms in total. The highest BCUT2D eigenvalue weighted by molar-refractivity contribution is 5.94. The number of rotatable bonds is 5. The van der Waals surface area contributed by atoms with E-state index in [2.05, 4.69) is 0 Å². The van der Waals surface area contributed by atoms with E-state index < -0.39 is 5.91 Å². The molecular weight excluding hydrogens is 256 g/mol. The normalized spacial score (nSPS) is 10.1. The maximum atomic E-state index is 11.0. The third-order valence-corrected chi connectivity index (χ3v) is 2.82. The Bertz CT molecular complexity index is 626. The van der Waals surface area contributed by atoms with Crippen molar-refractivity contribution in [2.75, 3.05) is 12.8 Å². The zero-order valence-corrected chi connectivity index (χ0v) is 11.1. The van der Waals surface area contributed by atoms with Crippen molar-refractivity contribution in [2.24, 2.45) is 5.73 Å². The first-order chi connectivity index (χ1) is 9.60. The number of nitrogen functional groups attached to an aromatic ring is 1. The van der Waals surface area contributed by atoms with Gasteiger partial charge in [0.2, 0.25) is 5.91 Å². The van der Waals surface area contributed by atoms with E-state index in [4.69, 9.17) is 20.9 Å². The summed E-state index contributed by atoms with van der Waals surface area (Å²) in [5.74, 6) is 0.761. The Kier molecular flexibility index (Phi) is 4.10. The van der Waals surface area contributed by atoms with E-state index >= 15 is 0 Å². The van der Waals surface area contributed by atoms with E-state index in [-0.39, 0.29) is 0 Å². The van der Waals surface area contributed by atoms with Gasteiger partial charge in [-0.15, -0.1) is 0 Å². The van der Waals surface area contributed by atoms with Gasteiger partial charge in [-0.25, -0.2) is 0 Å². The summed E-state index contributed by atoms with van der Waals surface area (Å²) in [4.78, 5) is 11.0. The van der Waals surface area contributed by atoms with Crippen molar-refractivity contribution in [2.45, 2.75) is 6.61 Å². The predicted molar refractivity (Wildman–Crippen MR) is 76.7 cm³/mol. The van der Waals surface area contributed by atoms with Gasteiger partial charge in [-0.3, -0.25) is 4.79 Å². The molecule has 0 unspecified atom stereocenters. The lowest BCUT2D eigenvalue weighted by atomic mass is 10.2. The first kappa shape index (κ1) is 13.7. The summed E-state index contributed by atoms with van der Waals surface area (Å²) in [6.07, 6.45) is 0. The van der Waals surface area contributed by atoms with Crippen LogP contribution in [0.5, 0.6) is 11.5 Å². The highest BCUT2D eigenvalue weighted by atomic mass is 16.5. The van der Waals surface area contributed by atoms with Crippen LogP contribution in [0, 0.1) is 0 Å². The second-order valence-electron chi connectivity index (χ2n) is 4.26. The van der Waals surface area contributed by atoms with Crippen LogP contribution in [-0.2, 0) is 6.61 Å². The smallest absolute Gasteiger partial charge is 0.248 e. The van der Waals surface area contributed by atoms with Crippen LogP contribution in [0.2, 0.25) is 0 Å². The number of amides is 1. The summed E-state index contributed by atoms with van der Waals surface area (Å²) in [6.45, 7) is 0.358. The molecule has 0 saturated carbocycles. The Morgan fingerprint density at radius 1 is 1.20 bits per heavy atom. The van der Waals surface area contributed by atoms with Crippen molar-refractivity contribution < 1.29 is 14.3 Å². The van der Waals surface area contributed by atoms with Crippen molar-refractivity contribution in [1.82, 2.24) is 0 Å². The first-order valence-electron chi connectivity index (χ1n) is 6.05. The molecule has 0 fully saturated rings. The number of carbonyl (C=O) groups excluding carboxylic acids is 1. The second-order valence-corrected chi connectivity index (χ2v) is 4.26. The van der Waals surface area contributed by atoms with E-state index in [0.29, 0.717) is 23.6 Å². The van der Waals surface area contributed by atoms with E-state index in [1.54, 1.807) is 19.2 Å². The van der Waals surface area contributed by atoms with Gasteiger partial charge in [0.1, 0.15) is 18.1 Å². The molecule has 20 heavy (non-hydrogen) atoms. The van der Waals surface area contributed by atoms with Gasteiger partial charge < -0.3 is 20.9 Å². The molecule has 0 saturated heterocycles. The Morgan fingerprint density at radius 3 is 2.65 bits per heavy atom. The summed E-state index contributed by atoms with van der Waals surface area (Å²) >= 11 is 0. The molecule has 0 spiro atoms. The van der Waals surface area contributed by atoms with Crippen molar-refractivity contribution in [3.05, 3.63) is 53.6 Å². The van der Waals surface area contributed by atoms with Gasteiger partial charge >= 0.3 is 0 Å². The number of primary amides is 1. The van der Waals surface area contributed by atoms with Crippen molar-refractivity contribution >= 4 is 11.6 Å². The van der Waals surface area contributed by atoms with Gasteiger partial charge in [-0.2, -0.15) is 0 Å². The Morgan fingerprint density at radius 2 is 2.00 bits per heavy atom. The number of nitrogens with two attached hydrogens (primary N) is 2. The maximum absolute atomic E-state index is 11.0. The standard InChI is InChI=1S/C15H16N2O3/c1-19-12-4-2-3-10(7-12)9-20-14-6-5-11(15(17)18)8-13(14)16/h2-8H,9,16H2,1H3,(H2,17,18). The SMILES string of the molecule is COc1cccc(COc2ccc(C(N)=O)cc2N)c1. The fourth-order valence-corrected chi connectivity index (χ4v) is 1.76. The minimum Gasteiger partial charge on any atom is -0.497 e. The number of anilines is 1. The van der Waals surface area contributed by atoms with Gasteiger partial charge in [0.25, 0.3) is 0 Å². The third kappa shape index (κ3) is 3.20. The lowest BCUT2D eigenvalue weighted by molar-refractivity contribution is 0.100. The molecule has 2 aromatic rings. The Hall–Kier alpha value is -2.69.